The van der Waals surface area contributed by atoms with Crippen molar-refractivity contribution in [1.82, 2.24) is 10.6 Å². The van der Waals surface area contributed by atoms with Crippen molar-refractivity contribution in [3.63, 3.8) is 0 Å². The summed E-state index contributed by atoms with van der Waals surface area (Å²) >= 11 is 6.32. The lowest BCUT2D eigenvalue weighted by molar-refractivity contribution is 0.510. The van der Waals surface area contributed by atoms with Gasteiger partial charge in [0.1, 0.15) is 5.82 Å². The zero-order valence-corrected chi connectivity index (χ0v) is 16.1. The molecule has 0 bridgehead atoms. The summed E-state index contributed by atoms with van der Waals surface area (Å²) in [5.41, 5.74) is 5.21. The molecule has 4 rings (SSSR count). The first kappa shape index (κ1) is 18.2. The van der Waals surface area contributed by atoms with E-state index in [0.29, 0.717) is 10.6 Å². The van der Waals surface area contributed by atoms with Crippen molar-refractivity contribution in [2.75, 3.05) is 0 Å². The van der Waals surface area contributed by atoms with E-state index in [2.05, 4.69) is 73.0 Å². The largest absolute Gasteiger partial charge is 0.289 e. The average Bonchev–Trinajstić information content (AvgIpc) is 3.08. The van der Waals surface area contributed by atoms with Crippen molar-refractivity contribution in [2.45, 2.75) is 32.1 Å². The van der Waals surface area contributed by atoms with Crippen LogP contribution in [0.5, 0.6) is 0 Å². The zero-order valence-electron chi connectivity index (χ0n) is 15.3. The summed E-state index contributed by atoms with van der Waals surface area (Å²) in [5.74, 6) is -0.306. The Morgan fingerprint density at radius 3 is 1.67 bits per heavy atom. The van der Waals surface area contributed by atoms with Gasteiger partial charge < -0.3 is 0 Å². The van der Waals surface area contributed by atoms with Crippen LogP contribution in [0.25, 0.3) is 0 Å². The number of hydrogen-bond acceptors (Lipinski definition) is 2. The molecule has 27 heavy (non-hydrogen) atoms. The van der Waals surface area contributed by atoms with Crippen molar-refractivity contribution in [3.8, 4) is 0 Å². The Morgan fingerprint density at radius 1 is 0.741 bits per heavy atom. The molecule has 3 aromatic rings. The van der Waals surface area contributed by atoms with E-state index in [-0.39, 0.29) is 24.1 Å². The van der Waals surface area contributed by atoms with Crippen LogP contribution in [0.2, 0.25) is 5.02 Å². The number of aryl methyl sites for hydroxylation is 2. The maximum atomic E-state index is 14.5. The van der Waals surface area contributed by atoms with Crippen LogP contribution in [0.4, 0.5) is 4.39 Å². The molecular formula is C23H22ClFN2. The van der Waals surface area contributed by atoms with Gasteiger partial charge in [0.25, 0.3) is 0 Å². The fraction of sp³-hybridized carbons (Fsp3) is 0.217. The molecule has 138 valence electrons. The Kier molecular flexibility index (Phi) is 5.00. The van der Waals surface area contributed by atoms with Crippen LogP contribution in [0.15, 0.2) is 66.7 Å². The second-order valence-electron chi connectivity index (χ2n) is 7.18. The second kappa shape index (κ2) is 7.43. The SMILES string of the molecule is Cc1ccc([C@H]2NC(c3c(F)cccc3Cl)N[C@@H]2c2ccc(C)cc2)cc1. The number of rotatable bonds is 3. The highest BCUT2D eigenvalue weighted by atomic mass is 35.5. The molecule has 0 aromatic heterocycles. The highest BCUT2D eigenvalue weighted by Gasteiger charge is 2.37. The summed E-state index contributed by atoms with van der Waals surface area (Å²) in [6.07, 6.45) is -0.365. The van der Waals surface area contributed by atoms with Gasteiger partial charge in [-0.05, 0) is 37.1 Å². The zero-order chi connectivity index (χ0) is 19.0. The molecule has 4 heteroatoms. The fourth-order valence-electron chi connectivity index (χ4n) is 3.68. The van der Waals surface area contributed by atoms with Gasteiger partial charge in [0.15, 0.2) is 0 Å². The molecule has 2 atom stereocenters. The molecule has 0 unspecified atom stereocenters. The highest BCUT2D eigenvalue weighted by Crippen LogP contribution is 2.40. The van der Waals surface area contributed by atoms with E-state index < -0.39 is 0 Å². The van der Waals surface area contributed by atoms with Gasteiger partial charge in [0, 0.05) is 10.6 Å². The summed E-state index contributed by atoms with van der Waals surface area (Å²) in [4.78, 5) is 0. The summed E-state index contributed by atoms with van der Waals surface area (Å²) < 4.78 is 14.5. The molecule has 0 amide bonds. The normalized spacial score (nSPS) is 20.1. The number of halogens is 2. The smallest absolute Gasteiger partial charge is 0.130 e. The third-order valence-corrected chi connectivity index (χ3v) is 5.52. The molecule has 2 nitrogen and oxygen atoms in total. The molecule has 0 radical (unpaired) electrons. The van der Waals surface area contributed by atoms with Gasteiger partial charge in [-0.25, -0.2) is 4.39 Å². The minimum Gasteiger partial charge on any atom is -0.289 e. The van der Waals surface area contributed by atoms with Crippen molar-refractivity contribution in [2.24, 2.45) is 0 Å². The number of nitrogens with one attached hydrogen (secondary N) is 2. The predicted molar refractivity (Wildman–Crippen MR) is 108 cm³/mol. The molecule has 1 aliphatic heterocycles. The molecule has 0 spiro atoms. The third kappa shape index (κ3) is 3.63. The molecule has 1 saturated heterocycles. The Balaban J connectivity index is 1.74. The van der Waals surface area contributed by atoms with E-state index in [1.54, 1.807) is 12.1 Å². The van der Waals surface area contributed by atoms with Crippen LogP contribution in [0, 0.1) is 19.7 Å². The number of benzene rings is 3. The van der Waals surface area contributed by atoms with Crippen LogP contribution < -0.4 is 10.6 Å². The lowest BCUT2D eigenvalue weighted by atomic mass is 9.94. The first-order valence-corrected chi connectivity index (χ1v) is 9.50. The van der Waals surface area contributed by atoms with Crippen LogP contribution in [-0.4, -0.2) is 0 Å². The van der Waals surface area contributed by atoms with Gasteiger partial charge in [-0.15, -0.1) is 0 Å². The quantitative estimate of drug-likeness (QED) is 0.602. The van der Waals surface area contributed by atoms with Crippen molar-refractivity contribution in [3.05, 3.63) is 105 Å². The highest BCUT2D eigenvalue weighted by molar-refractivity contribution is 6.31. The number of hydrogen-bond donors (Lipinski definition) is 2. The van der Waals surface area contributed by atoms with E-state index in [4.69, 9.17) is 11.6 Å². The molecule has 2 N–H and O–H groups in total. The van der Waals surface area contributed by atoms with E-state index in [1.807, 2.05) is 0 Å². The van der Waals surface area contributed by atoms with E-state index >= 15 is 0 Å². The fourth-order valence-corrected chi connectivity index (χ4v) is 3.95. The first-order chi connectivity index (χ1) is 13.0. The maximum absolute atomic E-state index is 14.5. The van der Waals surface area contributed by atoms with Gasteiger partial charge in [0.2, 0.25) is 0 Å². The van der Waals surface area contributed by atoms with Crippen molar-refractivity contribution in [1.29, 1.82) is 0 Å². The minimum atomic E-state index is -0.365. The lowest BCUT2D eigenvalue weighted by Gasteiger charge is -2.20. The summed E-state index contributed by atoms with van der Waals surface area (Å²) in [5, 5.41) is 7.53. The minimum absolute atomic E-state index is 0.00831. The Morgan fingerprint density at radius 2 is 1.22 bits per heavy atom. The van der Waals surface area contributed by atoms with Gasteiger partial charge in [0.05, 0.1) is 18.2 Å². The van der Waals surface area contributed by atoms with E-state index in [1.165, 1.54) is 17.2 Å². The third-order valence-electron chi connectivity index (χ3n) is 5.19. The Labute approximate surface area is 164 Å². The molecule has 1 fully saturated rings. The van der Waals surface area contributed by atoms with Crippen LogP contribution in [0.3, 0.4) is 0 Å². The molecule has 1 heterocycles. The van der Waals surface area contributed by atoms with E-state index in [0.717, 1.165) is 11.1 Å². The average molecular weight is 381 g/mol. The molecule has 1 aliphatic rings. The van der Waals surface area contributed by atoms with Gasteiger partial charge in [-0.3, -0.25) is 10.6 Å². The van der Waals surface area contributed by atoms with Crippen molar-refractivity contribution < 1.29 is 4.39 Å². The topological polar surface area (TPSA) is 24.1 Å². The predicted octanol–water partition coefficient (Wildman–Crippen LogP) is 5.77. The second-order valence-corrected chi connectivity index (χ2v) is 7.59. The lowest BCUT2D eigenvalue weighted by Crippen LogP contribution is -2.24. The van der Waals surface area contributed by atoms with E-state index in [9.17, 15) is 4.39 Å². The van der Waals surface area contributed by atoms with Crippen LogP contribution >= 0.6 is 11.6 Å². The Bertz CT molecular complexity index is 864. The summed E-state index contributed by atoms with van der Waals surface area (Å²) in [6, 6.07) is 21.7. The molecule has 0 aliphatic carbocycles. The monoisotopic (exact) mass is 380 g/mol. The maximum Gasteiger partial charge on any atom is 0.130 e. The van der Waals surface area contributed by atoms with Crippen molar-refractivity contribution >= 4 is 11.6 Å². The van der Waals surface area contributed by atoms with Gasteiger partial charge >= 0.3 is 0 Å². The molecular weight excluding hydrogens is 359 g/mol. The summed E-state index contributed by atoms with van der Waals surface area (Å²) in [7, 11) is 0. The summed E-state index contributed by atoms with van der Waals surface area (Å²) in [6.45, 7) is 4.15. The van der Waals surface area contributed by atoms with Crippen LogP contribution in [-0.2, 0) is 0 Å². The Hall–Kier alpha value is -2.20. The van der Waals surface area contributed by atoms with Gasteiger partial charge in [-0.1, -0.05) is 77.3 Å². The standard InChI is InChI=1S/C23H22ClFN2/c1-14-6-10-16(11-7-14)21-22(17-12-8-15(2)9-13-17)27-23(26-21)20-18(24)4-3-5-19(20)25/h3-13,21-23,26-27H,1-2H3/t21-,22-/m1/s1. The van der Waals surface area contributed by atoms with Gasteiger partial charge in [-0.2, -0.15) is 0 Å². The van der Waals surface area contributed by atoms with Crippen LogP contribution in [0.1, 0.15) is 46.1 Å². The first-order valence-electron chi connectivity index (χ1n) is 9.12. The molecule has 3 aromatic carbocycles. The molecule has 0 saturated carbocycles.